The summed E-state index contributed by atoms with van der Waals surface area (Å²) in [5.41, 5.74) is 2.33. The van der Waals surface area contributed by atoms with Crippen molar-refractivity contribution >= 4 is 11.6 Å². The molecule has 3 aromatic carbocycles. The van der Waals surface area contributed by atoms with Gasteiger partial charge in [0.05, 0.1) is 18.8 Å². The van der Waals surface area contributed by atoms with E-state index in [2.05, 4.69) is 6.07 Å². The normalized spacial score (nSPS) is 10.8. The highest BCUT2D eigenvalue weighted by atomic mass is 16.5. The van der Waals surface area contributed by atoms with Crippen LogP contribution in [0.4, 0.5) is 0 Å². The van der Waals surface area contributed by atoms with Crippen molar-refractivity contribution in [3.63, 3.8) is 0 Å². The molecule has 0 radical (unpaired) electrons. The third-order valence-corrected chi connectivity index (χ3v) is 4.06. The third-order valence-electron chi connectivity index (χ3n) is 4.06. The van der Waals surface area contributed by atoms with Crippen molar-refractivity contribution < 1.29 is 14.2 Å². The van der Waals surface area contributed by atoms with Crippen LogP contribution in [-0.4, -0.2) is 20.3 Å². The Morgan fingerprint density at radius 3 is 2.21 bits per heavy atom. The zero-order valence-corrected chi connectivity index (χ0v) is 15.7. The second-order valence-corrected chi connectivity index (χ2v) is 5.96. The number of para-hydroxylation sites is 1. The Labute approximate surface area is 165 Å². The van der Waals surface area contributed by atoms with Gasteiger partial charge in [-0.3, -0.25) is 0 Å². The number of benzene rings is 3. The smallest absolute Gasteiger partial charge is 0.161 e. The molecule has 4 heteroatoms. The average molecular weight is 371 g/mol. The van der Waals surface area contributed by atoms with E-state index in [1.807, 2.05) is 84.9 Å². The van der Waals surface area contributed by atoms with Crippen molar-refractivity contribution in [2.24, 2.45) is 0 Å². The minimum Gasteiger partial charge on any atom is -0.493 e. The number of hydrogen-bond donors (Lipinski definition) is 0. The van der Waals surface area contributed by atoms with Crippen LogP contribution < -0.4 is 14.2 Å². The van der Waals surface area contributed by atoms with Crippen LogP contribution in [0.5, 0.6) is 17.2 Å². The Morgan fingerprint density at radius 1 is 0.857 bits per heavy atom. The third kappa shape index (κ3) is 5.15. The molecule has 0 atom stereocenters. The SMILES string of the molecule is COc1cc(/C=C(\C#N)c2ccccc2)ccc1OCCOc1ccccc1. The molecule has 0 fully saturated rings. The van der Waals surface area contributed by atoms with Crippen LogP contribution in [-0.2, 0) is 0 Å². The van der Waals surface area contributed by atoms with E-state index in [9.17, 15) is 5.26 Å². The number of nitrogens with zero attached hydrogens (tertiary/aromatic N) is 1. The lowest BCUT2D eigenvalue weighted by atomic mass is 10.0. The monoisotopic (exact) mass is 371 g/mol. The van der Waals surface area contributed by atoms with Crippen molar-refractivity contribution in [3.05, 3.63) is 90.0 Å². The van der Waals surface area contributed by atoms with Crippen molar-refractivity contribution in [2.75, 3.05) is 20.3 Å². The maximum Gasteiger partial charge on any atom is 0.161 e. The summed E-state index contributed by atoms with van der Waals surface area (Å²) in [5.74, 6) is 2.05. The molecule has 0 spiro atoms. The van der Waals surface area contributed by atoms with Gasteiger partial charge in [-0.15, -0.1) is 0 Å². The summed E-state index contributed by atoms with van der Waals surface area (Å²) in [6, 6.07) is 27.0. The zero-order valence-electron chi connectivity index (χ0n) is 15.7. The highest BCUT2D eigenvalue weighted by molar-refractivity contribution is 5.89. The number of nitriles is 1. The van der Waals surface area contributed by atoms with E-state index in [0.29, 0.717) is 30.3 Å². The van der Waals surface area contributed by atoms with Gasteiger partial charge in [-0.2, -0.15) is 5.26 Å². The maximum atomic E-state index is 9.47. The fraction of sp³-hybridized carbons (Fsp3) is 0.125. The van der Waals surface area contributed by atoms with E-state index in [0.717, 1.165) is 16.9 Å². The van der Waals surface area contributed by atoms with Gasteiger partial charge in [0, 0.05) is 0 Å². The number of hydrogen-bond acceptors (Lipinski definition) is 4. The summed E-state index contributed by atoms with van der Waals surface area (Å²) in [6.45, 7) is 0.829. The summed E-state index contributed by atoms with van der Waals surface area (Å²) in [6.07, 6.45) is 1.83. The summed E-state index contributed by atoms with van der Waals surface area (Å²) in [7, 11) is 1.60. The zero-order chi connectivity index (χ0) is 19.6. The first-order valence-electron chi connectivity index (χ1n) is 8.96. The van der Waals surface area contributed by atoms with E-state index in [1.54, 1.807) is 7.11 Å². The van der Waals surface area contributed by atoms with Crippen LogP contribution in [0, 0.1) is 11.3 Å². The van der Waals surface area contributed by atoms with Crippen LogP contribution in [0.15, 0.2) is 78.9 Å². The highest BCUT2D eigenvalue weighted by Gasteiger charge is 2.07. The van der Waals surface area contributed by atoms with Crippen LogP contribution in [0.2, 0.25) is 0 Å². The maximum absolute atomic E-state index is 9.47. The molecule has 0 saturated carbocycles. The lowest BCUT2D eigenvalue weighted by Gasteiger charge is -2.12. The van der Waals surface area contributed by atoms with Crippen LogP contribution in [0.1, 0.15) is 11.1 Å². The van der Waals surface area contributed by atoms with Crippen LogP contribution in [0.3, 0.4) is 0 Å². The molecular weight excluding hydrogens is 350 g/mol. The molecule has 0 aliphatic heterocycles. The minimum atomic E-state index is 0.397. The van der Waals surface area contributed by atoms with Gasteiger partial charge in [-0.1, -0.05) is 54.6 Å². The first-order valence-corrected chi connectivity index (χ1v) is 8.96. The molecule has 0 unspecified atom stereocenters. The van der Waals surface area contributed by atoms with Crippen LogP contribution in [0.25, 0.3) is 11.6 Å². The van der Waals surface area contributed by atoms with Crippen molar-refractivity contribution in [3.8, 4) is 23.3 Å². The second kappa shape index (κ2) is 9.84. The summed E-state index contributed by atoms with van der Waals surface area (Å²) in [4.78, 5) is 0. The van der Waals surface area contributed by atoms with Gasteiger partial charge in [-0.05, 0) is 41.5 Å². The van der Waals surface area contributed by atoms with E-state index < -0.39 is 0 Å². The Bertz CT molecular complexity index is 960. The largest absolute Gasteiger partial charge is 0.493 e. The topological polar surface area (TPSA) is 51.5 Å². The van der Waals surface area contributed by atoms with E-state index >= 15 is 0 Å². The Hall–Kier alpha value is -3.71. The molecule has 3 rings (SSSR count). The van der Waals surface area contributed by atoms with Gasteiger partial charge < -0.3 is 14.2 Å². The summed E-state index contributed by atoms with van der Waals surface area (Å²) in [5, 5.41) is 9.47. The van der Waals surface area contributed by atoms with Gasteiger partial charge in [0.25, 0.3) is 0 Å². The van der Waals surface area contributed by atoms with Gasteiger partial charge in [0.15, 0.2) is 11.5 Å². The molecule has 0 aromatic heterocycles. The van der Waals surface area contributed by atoms with Gasteiger partial charge in [0.2, 0.25) is 0 Å². The molecule has 3 aromatic rings. The standard InChI is InChI=1S/C24H21NO3/c1-26-24-17-19(16-21(18-25)20-8-4-2-5-9-20)12-13-23(24)28-15-14-27-22-10-6-3-7-11-22/h2-13,16-17H,14-15H2,1H3/b21-16+. The molecule has 140 valence electrons. The molecule has 0 aliphatic rings. The van der Waals surface area contributed by atoms with Crippen LogP contribution >= 0.6 is 0 Å². The quantitative estimate of drug-likeness (QED) is 0.310. The Balaban J connectivity index is 1.66. The Kier molecular flexibility index (Phi) is 6.70. The first-order chi connectivity index (χ1) is 13.8. The number of methoxy groups -OCH3 is 1. The van der Waals surface area contributed by atoms with E-state index in [1.165, 1.54) is 0 Å². The Morgan fingerprint density at radius 2 is 1.54 bits per heavy atom. The molecule has 28 heavy (non-hydrogen) atoms. The average Bonchev–Trinajstić information content (AvgIpc) is 2.77. The molecule has 0 amide bonds. The lowest BCUT2D eigenvalue weighted by molar-refractivity contribution is 0.211. The van der Waals surface area contributed by atoms with Crippen molar-refractivity contribution in [2.45, 2.75) is 0 Å². The lowest BCUT2D eigenvalue weighted by Crippen LogP contribution is -2.09. The number of rotatable bonds is 8. The molecule has 0 saturated heterocycles. The predicted octanol–water partition coefficient (Wildman–Crippen LogP) is 5.22. The van der Waals surface area contributed by atoms with Gasteiger partial charge >= 0.3 is 0 Å². The van der Waals surface area contributed by atoms with Crippen molar-refractivity contribution in [1.82, 2.24) is 0 Å². The molecular formula is C24H21NO3. The minimum absolute atomic E-state index is 0.397. The fourth-order valence-corrected chi connectivity index (χ4v) is 2.69. The summed E-state index contributed by atoms with van der Waals surface area (Å²) >= 11 is 0. The highest BCUT2D eigenvalue weighted by Crippen LogP contribution is 2.30. The molecule has 0 aliphatic carbocycles. The number of ether oxygens (including phenoxy) is 3. The van der Waals surface area contributed by atoms with Gasteiger partial charge in [-0.25, -0.2) is 0 Å². The number of allylic oxidation sites excluding steroid dienone is 1. The fourth-order valence-electron chi connectivity index (χ4n) is 2.69. The van der Waals surface area contributed by atoms with Crippen molar-refractivity contribution in [1.29, 1.82) is 5.26 Å². The van der Waals surface area contributed by atoms with E-state index in [-0.39, 0.29) is 0 Å². The predicted molar refractivity (Wildman–Crippen MR) is 110 cm³/mol. The van der Waals surface area contributed by atoms with E-state index in [4.69, 9.17) is 14.2 Å². The first kappa shape index (κ1) is 19.1. The van der Waals surface area contributed by atoms with Gasteiger partial charge in [0.1, 0.15) is 19.0 Å². The molecule has 4 nitrogen and oxygen atoms in total. The summed E-state index contributed by atoms with van der Waals surface area (Å²) < 4.78 is 16.9. The molecule has 0 heterocycles. The second-order valence-electron chi connectivity index (χ2n) is 5.96. The molecule has 0 bridgehead atoms. The molecule has 0 N–H and O–H groups in total.